The summed E-state index contributed by atoms with van der Waals surface area (Å²) in [5.41, 5.74) is 0. The lowest BCUT2D eigenvalue weighted by Gasteiger charge is -2.21. The molecule has 84 valence electrons. The highest BCUT2D eigenvalue weighted by atomic mass is 35.5. The predicted molar refractivity (Wildman–Crippen MR) is 64.6 cm³/mol. The van der Waals surface area contributed by atoms with Crippen molar-refractivity contribution in [3.05, 3.63) is 17.4 Å². The van der Waals surface area contributed by atoms with Crippen molar-refractivity contribution in [2.24, 2.45) is 5.92 Å². The second-order valence-electron chi connectivity index (χ2n) is 3.70. The van der Waals surface area contributed by atoms with Crippen LogP contribution in [0.2, 0.25) is 5.02 Å². The van der Waals surface area contributed by atoms with Crippen LogP contribution >= 0.6 is 23.2 Å². The number of rotatable bonds is 5. The number of nitrogens with one attached hydrogen (secondary N) is 1. The molecule has 1 aromatic heterocycles. The molecule has 1 atom stereocenters. The van der Waals surface area contributed by atoms with Gasteiger partial charge in [-0.25, -0.2) is 9.97 Å². The van der Waals surface area contributed by atoms with E-state index < -0.39 is 0 Å². The third-order valence-corrected chi connectivity index (χ3v) is 2.57. The summed E-state index contributed by atoms with van der Waals surface area (Å²) < 4.78 is 0. The van der Waals surface area contributed by atoms with E-state index in [1.807, 2.05) is 0 Å². The Morgan fingerprint density at radius 3 is 2.40 bits per heavy atom. The quantitative estimate of drug-likeness (QED) is 0.813. The van der Waals surface area contributed by atoms with E-state index in [9.17, 15) is 0 Å². The molecule has 0 aromatic carbocycles. The Kier molecular flexibility index (Phi) is 5.12. The summed E-state index contributed by atoms with van der Waals surface area (Å²) in [6.45, 7) is 4.28. The van der Waals surface area contributed by atoms with Crippen molar-refractivity contribution in [2.45, 2.75) is 26.3 Å². The van der Waals surface area contributed by atoms with Gasteiger partial charge >= 0.3 is 0 Å². The average molecular weight is 248 g/mol. The molecule has 0 saturated carbocycles. The Hall–Kier alpha value is -0.540. The van der Waals surface area contributed by atoms with Crippen molar-refractivity contribution in [3.63, 3.8) is 0 Å². The summed E-state index contributed by atoms with van der Waals surface area (Å²) in [6, 6.07) is 0.295. The molecule has 0 radical (unpaired) electrons. The van der Waals surface area contributed by atoms with Crippen LogP contribution in [0.4, 0.5) is 5.95 Å². The van der Waals surface area contributed by atoms with Gasteiger partial charge in [0.05, 0.1) is 17.4 Å². The Balaban J connectivity index is 2.61. The minimum atomic E-state index is 0.295. The van der Waals surface area contributed by atoms with Gasteiger partial charge in [0.1, 0.15) is 0 Å². The Morgan fingerprint density at radius 2 is 1.93 bits per heavy atom. The van der Waals surface area contributed by atoms with E-state index in [0.717, 1.165) is 6.42 Å². The molecule has 0 spiro atoms. The van der Waals surface area contributed by atoms with Crippen LogP contribution in [0.3, 0.4) is 0 Å². The third-order valence-electron chi connectivity index (χ3n) is 2.16. The number of nitrogens with zero attached hydrogens (tertiary/aromatic N) is 2. The van der Waals surface area contributed by atoms with E-state index in [4.69, 9.17) is 23.2 Å². The van der Waals surface area contributed by atoms with Crippen molar-refractivity contribution < 1.29 is 0 Å². The second-order valence-corrected chi connectivity index (χ2v) is 4.51. The SMILES string of the molecule is CC(C)C(CCCl)Nc1ncc(Cl)cn1. The van der Waals surface area contributed by atoms with Gasteiger partial charge < -0.3 is 5.32 Å². The maximum absolute atomic E-state index is 5.73. The fourth-order valence-electron chi connectivity index (χ4n) is 1.24. The van der Waals surface area contributed by atoms with Gasteiger partial charge in [0.25, 0.3) is 0 Å². The average Bonchev–Trinajstić information content (AvgIpc) is 2.20. The van der Waals surface area contributed by atoms with E-state index in [1.54, 1.807) is 12.4 Å². The number of hydrogen-bond acceptors (Lipinski definition) is 3. The molecular formula is C10H15Cl2N3. The van der Waals surface area contributed by atoms with Gasteiger partial charge in [-0.1, -0.05) is 25.4 Å². The van der Waals surface area contributed by atoms with E-state index in [0.29, 0.717) is 28.8 Å². The first-order valence-electron chi connectivity index (χ1n) is 4.93. The summed E-state index contributed by atoms with van der Waals surface area (Å²) >= 11 is 11.4. The summed E-state index contributed by atoms with van der Waals surface area (Å²) in [6.07, 6.45) is 4.05. The molecule has 0 bridgehead atoms. The van der Waals surface area contributed by atoms with Crippen molar-refractivity contribution in [1.29, 1.82) is 0 Å². The fraction of sp³-hybridized carbons (Fsp3) is 0.600. The van der Waals surface area contributed by atoms with Crippen LogP contribution in [0.5, 0.6) is 0 Å². The maximum Gasteiger partial charge on any atom is 0.222 e. The van der Waals surface area contributed by atoms with Crippen molar-refractivity contribution in [3.8, 4) is 0 Å². The summed E-state index contributed by atoms with van der Waals surface area (Å²) in [4.78, 5) is 8.17. The molecule has 5 heteroatoms. The van der Waals surface area contributed by atoms with E-state index >= 15 is 0 Å². The lowest BCUT2D eigenvalue weighted by atomic mass is 10.0. The first-order valence-corrected chi connectivity index (χ1v) is 5.84. The molecular weight excluding hydrogens is 233 g/mol. The number of anilines is 1. The smallest absolute Gasteiger partial charge is 0.222 e. The van der Waals surface area contributed by atoms with Crippen LogP contribution in [0.15, 0.2) is 12.4 Å². The van der Waals surface area contributed by atoms with Crippen molar-refractivity contribution >= 4 is 29.2 Å². The first-order chi connectivity index (χ1) is 7.13. The summed E-state index contributed by atoms with van der Waals surface area (Å²) in [5, 5.41) is 3.78. The van der Waals surface area contributed by atoms with Crippen LogP contribution in [-0.2, 0) is 0 Å². The molecule has 15 heavy (non-hydrogen) atoms. The molecule has 1 unspecified atom stereocenters. The van der Waals surface area contributed by atoms with Gasteiger partial charge in [-0.05, 0) is 12.3 Å². The van der Waals surface area contributed by atoms with Crippen LogP contribution in [-0.4, -0.2) is 21.9 Å². The fourth-order valence-corrected chi connectivity index (χ4v) is 1.58. The highest BCUT2D eigenvalue weighted by Crippen LogP contribution is 2.13. The van der Waals surface area contributed by atoms with E-state index in [-0.39, 0.29) is 0 Å². The van der Waals surface area contributed by atoms with Gasteiger partial charge in [-0.2, -0.15) is 0 Å². The Labute approximate surface area is 100 Å². The molecule has 1 N–H and O–H groups in total. The zero-order valence-electron chi connectivity index (χ0n) is 8.87. The van der Waals surface area contributed by atoms with Gasteiger partial charge in [-0.3, -0.25) is 0 Å². The zero-order valence-corrected chi connectivity index (χ0v) is 10.4. The number of aromatic nitrogens is 2. The van der Waals surface area contributed by atoms with Crippen LogP contribution in [0.1, 0.15) is 20.3 Å². The molecule has 0 amide bonds. The Bertz CT molecular complexity index is 287. The highest BCUT2D eigenvalue weighted by Gasteiger charge is 2.13. The molecule has 0 saturated heterocycles. The lowest BCUT2D eigenvalue weighted by molar-refractivity contribution is 0.510. The zero-order chi connectivity index (χ0) is 11.3. The van der Waals surface area contributed by atoms with Gasteiger partial charge in [0, 0.05) is 11.9 Å². The molecule has 1 aromatic rings. The normalized spacial score (nSPS) is 12.9. The molecule has 0 aliphatic carbocycles. The summed E-state index contributed by atoms with van der Waals surface area (Å²) in [5.74, 6) is 1.72. The molecule has 0 aliphatic rings. The number of hydrogen-bond donors (Lipinski definition) is 1. The molecule has 3 nitrogen and oxygen atoms in total. The minimum Gasteiger partial charge on any atom is -0.351 e. The van der Waals surface area contributed by atoms with Crippen LogP contribution < -0.4 is 5.32 Å². The van der Waals surface area contributed by atoms with Crippen LogP contribution in [0, 0.1) is 5.92 Å². The van der Waals surface area contributed by atoms with Gasteiger partial charge in [-0.15, -0.1) is 11.6 Å². The van der Waals surface area contributed by atoms with E-state index in [1.165, 1.54) is 0 Å². The standard InChI is InChI=1S/C10H15Cl2N3/c1-7(2)9(3-4-11)15-10-13-5-8(12)6-14-10/h5-7,9H,3-4H2,1-2H3,(H,13,14,15). The maximum atomic E-state index is 5.73. The topological polar surface area (TPSA) is 37.8 Å². The predicted octanol–water partition coefficient (Wildman–Crippen LogP) is 3.20. The third kappa shape index (κ3) is 4.22. The number of alkyl halides is 1. The van der Waals surface area contributed by atoms with Crippen molar-refractivity contribution in [1.82, 2.24) is 9.97 Å². The van der Waals surface area contributed by atoms with E-state index in [2.05, 4.69) is 29.1 Å². The monoisotopic (exact) mass is 247 g/mol. The van der Waals surface area contributed by atoms with Gasteiger partial charge in [0.15, 0.2) is 0 Å². The first kappa shape index (κ1) is 12.5. The molecule has 1 heterocycles. The molecule has 0 aliphatic heterocycles. The van der Waals surface area contributed by atoms with Crippen molar-refractivity contribution in [2.75, 3.05) is 11.2 Å². The minimum absolute atomic E-state index is 0.295. The Morgan fingerprint density at radius 1 is 1.33 bits per heavy atom. The molecule has 0 fully saturated rings. The lowest BCUT2D eigenvalue weighted by Crippen LogP contribution is -2.27. The summed E-state index contributed by atoms with van der Waals surface area (Å²) in [7, 11) is 0. The number of halogens is 2. The highest BCUT2D eigenvalue weighted by molar-refractivity contribution is 6.30. The van der Waals surface area contributed by atoms with Crippen LogP contribution in [0.25, 0.3) is 0 Å². The largest absolute Gasteiger partial charge is 0.351 e. The second kappa shape index (κ2) is 6.13. The van der Waals surface area contributed by atoms with Gasteiger partial charge in [0.2, 0.25) is 5.95 Å². The molecule has 1 rings (SSSR count).